The van der Waals surface area contributed by atoms with Gasteiger partial charge in [0.15, 0.2) is 6.61 Å². The first-order valence-electron chi connectivity index (χ1n) is 10.0. The molecule has 160 valence electrons. The third-order valence-electron chi connectivity index (χ3n) is 5.47. The fourth-order valence-corrected chi connectivity index (χ4v) is 5.17. The number of ether oxygens (including phenoxy) is 2. The van der Waals surface area contributed by atoms with Gasteiger partial charge >= 0.3 is 5.97 Å². The van der Waals surface area contributed by atoms with Crippen LogP contribution in [0.4, 0.5) is 0 Å². The zero-order valence-corrected chi connectivity index (χ0v) is 17.4. The van der Waals surface area contributed by atoms with Crippen LogP contribution in [0, 0.1) is 5.92 Å². The molecule has 29 heavy (non-hydrogen) atoms. The standard InChI is InChI=1S/C20H28N2O6S/c1-15-5-2-3-8-18(15)21-19(23)14-28-20(24)16-6-4-7-17(13-16)29(25,26)22-9-11-27-12-10-22/h4,6-7,13,15,18H,2-3,5,8-12,14H2,1H3,(H,21,23). The molecule has 1 aliphatic carbocycles. The molecule has 1 aromatic rings. The number of hydrogen-bond acceptors (Lipinski definition) is 6. The Hall–Kier alpha value is -1.97. The number of hydrogen-bond donors (Lipinski definition) is 1. The third-order valence-corrected chi connectivity index (χ3v) is 7.36. The van der Waals surface area contributed by atoms with E-state index in [0.717, 1.165) is 19.3 Å². The summed E-state index contributed by atoms with van der Waals surface area (Å²) in [4.78, 5) is 24.5. The minimum atomic E-state index is -3.71. The van der Waals surface area contributed by atoms with E-state index in [-0.39, 0.29) is 42.1 Å². The lowest BCUT2D eigenvalue weighted by Gasteiger charge is -2.29. The quantitative estimate of drug-likeness (QED) is 0.696. The Morgan fingerprint density at radius 2 is 1.93 bits per heavy atom. The molecule has 0 spiro atoms. The number of carbonyl (C=O) groups is 2. The molecule has 2 unspecified atom stereocenters. The van der Waals surface area contributed by atoms with Gasteiger partial charge in [0.1, 0.15) is 0 Å². The molecule has 0 radical (unpaired) electrons. The van der Waals surface area contributed by atoms with Gasteiger partial charge in [0, 0.05) is 19.1 Å². The Labute approximate surface area is 171 Å². The van der Waals surface area contributed by atoms with Gasteiger partial charge < -0.3 is 14.8 Å². The van der Waals surface area contributed by atoms with E-state index >= 15 is 0 Å². The predicted octanol–water partition coefficient (Wildman–Crippen LogP) is 1.56. The Morgan fingerprint density at radius 1 is 1.21 bits per heavy atom. The number of carbonyl (C=O) groups excluding carboxylic acids is 2. The van der Waals surface area contributed by atoms with E-state index in [4.69, 9.17) is 9.47 Å². The van der Waals surface area contributed by atoms with Crippen LogP contribution in [0.25, 0.3) is 0 Å². The van der Waals surface area contributed by atoms with Crippen LogP contribution in [-0.4, -0.2) is 63.6 Å². The second-order valence-electron chi connectivity index (χ2n) is 7.56. The van der Waals surface area contributed by atoms with Crippen molar-refractivity contribution in [3.8, 4) is 0 Å². The average molecular weight is 425 g/mol. The van der Waals surface area contributed by atoms with Gasteiger partial charge in [-0.3, -0.25) is 4.79 Å². The number of amides is 1. The maximum atomic E-state index is 12.7. The van der Waals surface area contributed by atoms with Crippen molar-refractivity contribution < 1.29 is 27.5 Å². The summed E-state index contributed by atoms with van der Waals surface area (Å²) in [6.07, 6.45) is 4.27. The zero-order valence-electron chi connectivity index (χ0n) is 16.6. The number of nitrogens with one attached hydrogen (secondary N) is 1. The zero-order chi connectivity index (χ0) is 20.9. The molecule has 2 atom stereocenters. The van der Waals surface area contributed by atoms with Crippen molar-refractivity contribution in [2.45, 2.75) is 43.5 Å². The topological polar surface area (TPSA) is 102 Å². The van der Waals surface area contributed by atoms with Crippen LogP contribution in [0.5, 0.6) is 0 Å². The summed E-state index contributed by atoms with van der Waals surface area (Å²) in [5.74, 6) is -0.657. The summed E-state index contributed by atoms with van der Waals surface area (Å²) in [5.41, 5.74) is 0.0955. The summed E-state index contributed by atoms with van der Waals surface area (Å²) in [6.45, 7) is 2.96. The lowest BCUT2D eigenvalue weighted by atomic mass is 9.86. The number of rotatable bonds is 6. The van der Waals surface area contributed by atoms with E-state index in [2.05, 4.69) is 12.2 Å². The molecule has 1 aromatic carbocycles. The predicted molar refractivity (Wildman–Crippen MR) is 106 cm³/mol. The van der Waals surface area contributed by atoms with Crippen molar-refractivity contribution in [3.63, 3.8) is 0 Å². The molecule has 0 bridgehead atoms. The largest absolute Gasteiger partial charge is 0.452 e. The van der Waals surface area contributed by atoms with Gasteiger partial charge in [-0.1, -0.05) is 25.8 Å². The number of morpholine rings is 1. The summed E-state index contributed by atoms with van der Waals surface area (Å²) in [7, 11) is -3.71. The third kappa shape index (κ3) is 5.55. The van der Waals surface area contributed by atoms with E-state index < -0.39 is 16.0 Å². The monoisotopic (exact) mass is 424 g/mol. The second-order valence-corrected chi connectivity index (χ2v) is 9.49. The van der Waals surface area contributed by atoms with Crippen LogP contribution in [0.15, 0.2) is 29.2 Å². The SMILES string of the molecule is CC1CCCCC1NC(=O)COC(=O)c1cccc(S(=O)(=O)N2CCOCC2)c1. The minimum Gasteiger partial charge on any atom is -0.452 e. The minimum absolute atomic E-state index is 0.0225. The van der Waals surface area contributed by atoms with Crippen molar-refractivity contribution in [3.05, 3.63) is 29.8 Å². The average Bonchev–Trinajstić information content (AvgIpc) is 2.74. The van der Waals surface area contributed by atoms with Gasteiger partial charge in [-0.25, -0.2) is 13.2 Å². The summed E-state index contributed by atoms with van der Waals surface area (Å²) in [6, 6.07) is 5.81. The summed E-state index contributed by atoms with van der Waals surface area (Å²) < 4.78 is 37.1. The summed E-state index contributed by atoms with van der Waals surface area (Å²) >= 11 is 0. The highest BCUT2D eigenvalue weighted by Gasteiger charge is 2.27. The smallest absolute Gasteiger partial charge is 0.338 e. The molecule has 2 fully saturated rings. The van der Waals surface area contributed by atoms with Crippen molar-refractivity contribution in [2.75, 3.05) is 32.9 Å². The maximum Gasteiger partial charge on any atom is 0.338 e. The summed E-state index contributed by atoms with van der Waals surface area (Å²) in [5, 5.41) is 2.92. The molecule has 3 rings (SSSR count). The molecule has 9 heteroatoms. The first-order chi connectivity index (χ1) is 13.9. The van der Waals surface area contributed by atoms with Crippen LogP contribution in [0.2, 0.25) is 0 Å². The molecule has 2 aliphatic rings. The molecule has 8 nitrogen and oxygen atoms in total. The van der Waals surface area contributed by atoms with E-state index in [1.165, 1.54) is 35.0 Å². The van der Waals surface area contributed by atoms with Crippen molar-refractivity contribution in [1.29, 1.82) is 0 Å². The van der Waals surface area contributed by atoms with Gasteiger partial charge in [0.25, 0.3) is 5.91 Å². The highest BCUT2D eigenvalue weighted by atomic mass is 32.2. The Morgan fingerprint density at radius 3 is 2.66 bits per heavy atom. The van der Waals surface area contributed by atoms with Crippen molar-refractivity contribution >= 4 is 21.9 Å². The normalized spacial score (nSPS) is 23.3. The number of sulfonamides is 1. The first-order valence-corrected chi connectivity index (χ1v) is 11.5. The van der Waals surface area contributed by atoms with Gasteiger partial charge in [0.05, 0.1) is 23.7 Å². The van der Waals surface area contributed by atoms with Crippen LogP contribution in [-0.2, 0) is 24.3 Å². The highest BCUT2D eigenvalue weighted by Crippen LogP contribution is 2.23. The van der Waals surface area contributed by atoms with Crippen molar-refractivity contribution in [1.82, 2.24) is 9.62 Å². The number of benzene rings is 1. The van der Waals surface area contributed by atoms with Crippen LogP contribution < -0.4 is 5.32 Å². The molecule has 1 amide bonds. The Kier molecular flexibility index (Phi) is 7.26. The van der Waals surface area contributed by atoms with E-state index in [1.54, 1.807) is 0 Å². The maximum absolute atomic E-state index is 12.7. The van der Waals surface area contributed by atoms with Crippen LogP contribution in [0.3, 0.4) is 0 Å². The molecule has 0 aromatic heterocycles. The molecule has 1 saturated carbocycles. The van der Waals surface area contributed by atoms with Crippen LogP contribution in [0.1, 0.15) is 43.0 Å². The van der Waals surface area contributed by atoms with Gasteiger partial charge in [-0.2, -0.15) is 4.31 Å². The molecular formula is C20H28N2O6S. The second kappa shape index (κ2) is 9.69. The van der Waals surface area contributed by atoms with Gasteiger partial charge in [-0.15, -0.1) is 0 Å². The Bertz CT molecular complexity index is 835. The molecule has 1 saturated heterocycles. The van der Waals surface area contributed by atoms with E-state index in [0.29, 0.717) is 19.1 Å². The first kappa shape index (κ1) is 21.7. The molecule has 1 heterocycles. The lowest BCUT2D eigenvalue weighted by molar-refractivity contribution is -0.125. The molecule has 1 aliphatic heterocycles. The number of esters is 1. The highest BCUT2D eigenvalue weighted by molar-refractivity contribution is 7.89. The number of nitrogens with zero attached hydrogens (tertiary/aromatic N) is 1. The van der Waals surface area contributed by atoms with Gasteiger partial charge in [0.2, 0.25) is 10.0 Å². The van der Waals surface area contributed by atoms with E-state index in [9.17, 15) is 18.0 Å². The molecule has 1 N–H and O–H groups in total. The van der Waals surface area contributed by atoms with E-state index in [1.807, 2.05) is 0 Å². The fraction of sp³-hybridized carbons (Fsp3) is 0.600. The lowest BCUT2D eigenvalue weighted by Crippen LogP contribution is -2.42. The van der Waals surface area contributed by atoms with Crippen molar-refractivity contribution in [2.24, 2.45) is 5.92 Å². The Balaban J connectivity index is 1.58. The fourth-order valence-electron chi connectivity index (χ4n) is 3.71. The van der Waals surface area contributed by atoms with Gasteiger partial charge in [-0.05, 0) is 37.0 Å². The van der Waals surface area contributed by atoms with Crippen LogP contribution >= 0.6 is 0 Å². The molecular weight excluding hydrogens is 396 g/mol.